The summed E-state index contributed by atoms with van der Waals surface area (Å²) in [6.07, 6.45) is 1.21. The van der Waals surface area contributed by atoms with E-state index in [1.807, 2.05) is 27.7 Å². The smallest absolute Gasteiger partial charge is 0.407 e. The second-order valence-electron chi connectivity index (χ2n) is 11.3. The van der Waals surface area contributed by atoms with Crippen molar-refractivity contribution in [2.24, 2.45) is 5.41 Å². The average molecular weight is 638 g/mol. The summed E-state index contributed by atoms with van der Waals surface area (Å²) in [4.78, 5) is 17.7. The molecule has 1 saturated heterocycles. The standard InChI is InChI=1S/C29H36ClN3O7S2/c1-28(2,3)29(4)17-21(11-13-32(29)27(34)35)40-24-10-9-22(16-23(24)30)42(36,37)33(26-31-12-14-41-26)18-19-7-8-20(38-5)15-25(19)39-6/h7-10,12,14-16,21H,11,13,17-18H2,1-6H3,(H,34,35). The number of amides is 1. The zero-order chi connectivity index (χ0) is 30.9. The van der Waals surface area contributed by atoms with Crippen molar-refractivity contribution < 1.29 is 32.5 Å². The number of sulfonamides is 1. The topological polar surface area (TPSA) is 118 Å². The Labute approximate surface area is 255 Å². The van der Waals surface area contributed by atoms with E-state index in [-0.39, 0.29) is 33.1 Å². The highest BCUT2D eigenvalue weighted by Gasteiger charge is 2.49. The van der Waals surface area contributed by atoms with E-state index in [1.165, 1.54) is 39.8 Å². The minimum absolute atomic E-state index is 0.0252. The normalized spacial score (nSPS) is 19.3. The SMILES string of the molecule is COc1ccc(CN(c2nccs2)S(=O)(=O)c2ccc(OC3CCN(C(=O)O)C(C)(C(C)(C)C)C3)c(Cl)c2)c(OC)c1. The number of carboxylic acid groups (broad SMARTS) is 1. The van der Waals surface area contributed by atoms with Crippen LogP contribution in [0.1, 0.15) is 46.1 Å². The van der Waals surface area contributed by atoms with Gasteiger partial charge in [-0.2, -0.15) is 0 Å². The lowest BCUT2D eigenvalue weighted by molar-refractivity contribution is -0.0491. The van der Waals surface area contributed by atoms with Crippen molar-refractivity contribution >= 4 is 44.2 Å². The maximum absolute atomic E-state index is 14.0. The first-order valence-corrected chi connectivity index (χ1v) is 16.0. The lowest BCUT2D eigenvalue weighted by atomic mass is 9.68. The molecule has 3 aromatic rings. The number of piperidine rings is 1. The molecule has 2 atom stereocenters. The third-order valence-corrected chi connectivity index (χ3v) is 10.9. The molecule has 1 aliphatic rings. The quantitative estimate of drug-likeness (QED) is 0.281. The molecule has 0 saturated carbocycles. The van der Waals surface area contributed by atoms with Crippen LogP contribution in [0.25, 0.3) is 0 Å². The summed E-state index contributed by atoms with van der Waals surface area (Å²) in [5.74, 6) is 1.39. The Bertz CT molecular complexity index is 1530. The van der Waals surface area contributed by atoms with Crippen molar-refractivity contribution in [1.29, 1.82) is 0 Å². The van der Waals surface area contributed by atoms with Crippen LogP contribution in [0.3, 0.4) is 0 Å². The van der Waals surface area contributed by atoms with Crippen LogP contribution in [0.4, 0.5) is 9.93 Å². The van der Waals surface area contributed by atoms with Gasteiger partial charge in [0.15, 0.2) is 5.13 Å². The van der Waals surface area contributed by atoms with Gasteiger partial charge in [0.2, 0.25) is 0 Å². The molecule has 42 heavy (non-hydrogen) atoms. The van der Waals surface area contributed by atoms with Crippen LogP contribution in [0.15, 0.2) is 52.9 Å². The van der Waals surface area contributed by atoms with Crippen LogP contribution in [-0.2, 0) is 16.6 Å². The Morgan fingerprint density at radius 1 is 1.19 bits per heavy atom. The molecule has 1 fully saturated rings. The number of halogens is 1. The van der Waals surface area contributed by atoms with Crippen LogP contribution < -0.4 is 18.5 Å². The van der Waals surface area contributed by atoms with E-state index in [2.05, 4.69) is 4.98 Å². The summed E-state index contributed by atoms with van der Waals surface area (Å²) in [6, 6.07) is 9.54. The van der Waals surface area contributed by atoms with E-state index in [4.69, 9.17) is 25.8 Å². The van der Waals surface area contributed by atoms with Crippen molar-refractivity contribution in [3.63, 3.8) is 0 Å². The molecule has 1 aliphatic heterocycles. The number of aromatic nitrogens is 1. The minimum atomic E-state index is -4.11. The van der Waals surface area contributed by atoms with Crippen molar-refractivity contribution in [2.45, 2.75) is 63.6 Å². The molecule has 13 heteroatoms. The van der Waals surface area contributed by atoms with Crippen LogP contribution in [-0.4, -0.2) is 61.9 Å². The molecule has 2 aromatic carbocycles. The first-order valence-electron chi connectivity index (χ1n) is 13.3. The number of hydrogen-bond acceptors (Lipinski definition) is 8. The predicted octanol–water partition coefficient (Wildman–Crippen LogP) is 6.54. The van der Waals surface area contributed by atoms with Crippen LogP contribution in [0, 0.1) is 5.41 Å². The summed E-state index contributed by atoms with van der Waals surface area (Å²) < 4.78 is 46.2. The summed E-state index contributed by atoms with van der Waals surface area (Å²) in [5, 5.41) is 11.9. The van der Waals surface area contributed by atoms with E-state index in [0.717, 1.165) is 0 Å². The highest BCUT2D eigenvalue weighted by molar-refractivity contribution is 7.93. The molecule has 0 bridgehead atoms. The van der Waals surface area contributed by atoms with Crippen molar-refractivity contribution in [1.82, 2.24) is 9.88 Å². The van der Waals surface area contributed by atoms with Gasteiger partial charge in [-0.25, -0.2) is 22.5 Å². The minimum Gasteiger partial charge on any atom is -0.497 e. The molecular weight excluding hydrogens is 602 g/mol. The predicted molar refractivity (Wildman–Crippen MR) is 163 cm³/mol. The molecule has 10 nitrogen and oxygen atoms in total. The second-order valence-corrected chi connectivity index (χ2v) is 14.4. The van der Waals surface area contributed by atoms with Gasteiger partial charge < -0.3 is 24.2 Å². The first-order chi connectivity index (χ1) is 19.7. The summed E-state index contributed by atoms with van der Waals surface area (Å²) in [7, 11) is -1.06. The Hall–Kier alpha value is -3.22. The molecule has 1 amide bonds. The Morgan fingerprint density at radius 3 is 2.50 bits per heavy atom. The van der Waals surface area contributed by atoms with Gasteiger partial charge in [0.05, 0.1) is 36.2 Å². The summed E-state index contributed by atoms with van der Waals surface area (Å²) in [5.41, 5.74) is -0.396. The maximum atomic E-state index is 14.0. The van der Waals surface area contributed by atoms with Gasteiger partial charge >= 0.3 is 6.09 Å². The molecule has 228 valence electrons. The van der Waals surface area contributed by atoms with Gasteiger partial charge in [0.25, 0.3) is 10.0 Å². The maximum Gasteiger partial charge on any atom is 0.407 e. The largest absolute Gasteiger partial charge is 0.497 e. The van der Waals surface area contributed by atoms with Gasteiger partial charge in [-0.15, -0.1) is 11.3 Å². The molecule has 1 aromatic heterocycles. The highest BCUT2D eigenvalue weighted by atomic mass is 35.5. The van der Waals surface area contributed by atoms with E-state index < -0.39 is 21.7 Å². The third-order valence-electron chi connectivity index (χ3n) is 7.97. The monoisotopic (exact) mass is 637 g/mol. The van der Waals surface area contributed by atoms with E-state index in [0.29, 0.717) is 42.2 Å². The van der Waals surface area contributed by atoms with Crippen LogP contribution >= 0.6 is 22.9 Å². The van der Waals surface area contributed by atoms with Crippen molar-refractivity contribution in [3.8, 4) is 17.2 Å². The number of benzene rings is 2. The molecule has 4 rings (SSSR count). The van der Waals surface area contributed by atoms with E-state index >= 15 is 0 Å². The number of hydrogen-bond donors (Lipinski definition) is 1. The summed E-state index contributed by atoms with van der Waals surface area (Å²) >= 11 is 7.80. The van der Waals surface area contributed by atoms with Gasteiger partial charge in [-0.3, -0.25) is 0 Å². The Balaban J connectivity index is 1.61. The van der Waals surface area contributed by atoms with Gasteiger partial charge in [0, 0.05) is 42.6 Å². The number of thiazole rings is 1. The number of carbonyl (C=O) groups is 1. The number of anilines is 1. The number of nitrogens with zero attached hydrogens (tertiary/aromatic N) is 3. The van der Waals surface area contributed by atoms with Crippen LogP contribution in [0.2, 0.25) is 5.02 Å². The molecular formula is C29H36ClN3O7S2. The van der Waals surface area contributed by atoms with E-state index in [9.17, 15) is 18.3 Å². The van der Waals surface area contributed by atoms with Crippen molar-refractivity contribution in [3.05, 3.63) is 58.6 Å². The number of methoxy groups -OCH3 is 2. The van der Waals surface area contributed by atoms with Crippen molar-refractivity contribution in [2.75, 3.05) is 25.1 Å². The Morgan fingerprint density at radius 2 is 1.93 bits per heavy atom. The van der Waals surface area contributed by atoms with Gasteiger partial charge in [-0.05, 0) is 42.7 Å². The number of rotatable bonds is 9. The van der Waals surface area contributed by atoms with Crippen LogP contribution in [0.5, 0.6) is 17.2 Å². The van der Waals surface area contributed by atoms with Gasteiger partial charge in [-0.1, -0.05) is 32.4 Å². The molecule has 2 heterocycles. The number of likely N-dealkylation sites (tertiary alicyclic amines) is 1. The lowest BCUT2D eigenvalue weighted by Crippen LogP contribution is -2.62. The second kappa shape index (κ2) is 12.2. The van der Waals surface area contributed by atoms with Gasteiger partial charge in [0.1, 0.15) is 23.4 Å². The number of ether oxygens (including phenoxy) is 3. The zero-order valence-corrected chi connectivity index (χ0v) is 26.8. The first kappa shape index (κ1) is 31.7. The lowest BCUT2D eigenvalue weighted by Gasteiger charge is -2.53. The fourth-order valence-corrected chi connectivity index (χ4v) is 7.65. The Kier molecular flexibility index (Phi) is 9.19. The average Bonchev–Trinajstić information content (AvgIpc) is 3.46. The molecule has 1 N–H and O–H groups in total. The fourth-order valence-electron chi connectivity index (χ4n) is 5.07. The molecule has 2 unspecified atom stereocenters. The highest BCUT2D eigenvalue weighted by Crippen LogP contribution is 2.44. The zero-order valence-electron chi connectivity index (χ0n) is 24.5. The molecule has 0 aliphatic carbocycles. The third kappa shape index (κ3) is 6.25. The van der Waals surface area contributed by atoms with E-state index in [1.54, 1.807) is 43.0 Å². The summed E-state index contributed by atoms with van der Waals surface area (Å²) in [6.45, 7) is 8.23. The molecule has 0 spiro atoms. The molecule has 0 radical (unpaired) electrons. The fraction of sp³-hybridized carbons (Fsp3) is 0.448.